The van der Waals surface area contributed by atoms with Crippen molar-refractivity contribution >= 4 is 63.3 Å². The molecule has 8 nitrogen and oxygen atoms in total. The second-order valence-electron chi connectivity index (χ2n) is 7.05. The van der Waals surface area contributed by atoms with Crippen molar-refractivity contribution in [3.8, 4) is 0 Å². The van der Waals surface area contributed by atoms with Gasteiger partial charge >= 0.3 is 0 Å². The molecule has 1 fully saturated rings. The molecule has 4 rings (SSSR count). The minimum Gasteiger partial charge on any atom is -0.548 e. The van der Waals surface area contributed by atoms with Gasteiger partial charge in [-0.25, -0.2) is 0 Å². The van der Waals surface area contributed by atoms with Gasteiger partial charge in [-0.15, -0.1) is 0 Å². The summed E-state index contributed by atoms with van der Waals surface area (Å²) in [6, 6.07) is 13.8. The van der Waals surface area contributed by atoms with Crippen LogP contribution in [0.2, 0.25) is 0 Å². The van der Waals surface area contributed by atoms with E-state index in [1.165, 1.54) is 0 Å². The Morgan fingerprint density at radius 1 is 0.969 bits per heavy atom. The standard InChI is InChI=1S/C22H16N2O6S2/c25-16(26)11-23-14-9-5-4-8-13(14)17(19(23)27)18-20(28)24(22(31)32-18)15(21(29)30)10-12-6-2-1-3-7-12/h1-9,15H,10-11H2,(H,25,26)(H,29,30)/p-2/b18-17-. The largest absolute Gasteiger partial charge is 0.548 e. The van der Waals surface area contributed by atoms with E-state index in [1.54, 1.807) is 54.6 Å². The summed E-state index contributed by atoms with van der Waals surface area (Å²) in [6.07, 6.45) is -0.0282. The topological polar surface area (TPSA) is 121 Å². The third-order valence-electron chi connectivity index (χ3n) is 5.09. The summed E-state index contributed by atoms with van der Waals surface area (Å²) in [5.41, 5.74) is 1.35. The lowest BCUT2D eigenvalue weighted by Crippen LogP contribution is -2.51. The third-order valence-corrected chi connectivity index (χ3v) is 6.49. The van der Waals surface area contributed by atoms with Crippen molar-refractivity contribution in [2.24, 2.45) is 0 Å². The van der Waals surface area contributed by atoms with Gasteiger partial charge in [-0.3, -0.25) is 14.5 Å². The predicted molar refractivity (Wildman–Crippen MR) is 117 cm³/mol. The molecule has 0 radical (unpaired) electrons. The van der Waals surface area contributed by atoms with Gasteiger partial charge in [0.1, 0.15) is 4.32 Å². The Morgan fingerprint density at radius 3 is 2.28 bits per heavy atom. The second-order valence-corrected chi connectivity index (χ2v) is 8.70. The number of thiocarbonyl (C=S) groups is 1. The van der Waals surface area contributed by atoms with Gasteiger partial charge in [-0.2, -0.15) is 0 Å². The molecule has 0 saturated carbocycles. The SMILES string of the molecule is O=C([O-])CN1C(=O)/C(=C2\SC(=S)N(C(Cc3ccccc3)C(=O)[O-])C2=O)c2ccccc21. The molecule has 2 amide bonds. The first-order valence-electron chi connectivity index (χ1n) is 9.45. The van der Waals surface area contributed by atoms with Gasteiger partial charge in [-0.1, -0.05) is 72.5 Å². The molecule has 2 aliphatic rings. The summed E-state index contributed by atoms with van der Waals surface area (Å²) in [5, 5.41) is 23.1. The van der Waals surface area contributed by atoms with Crippen LogP contribution in [0, 0.1) is 0 Å². The Balaban J connectivity index is 1.75. The van der Waals surface area contributed by atoms with Gasteiger partial charge in [0, 0.05) is 5.56 Å². The zero-order valence-corrected chi connectivity index (χ0v) is 18.0. The van der Waals surface area contributed by atoms with E-state index in [0.29, 0.717) is 16.8 Å². The Labute approximate surface area is 192 Å². The number of carbonyl (C=O) groups excluding carboxylic acids is 4. The zero-order chi connectivity index (χ0) is 23.0. The lowest BCUT2D eigenvalue weighted by molar-refractivity contribution is -0.310. The van der Waals surface area contributed by atoms with Crippen molar-refractivity contribution in [3.63, 3.8) is 0 Å². The molecule has 1 unspecified atom stereocenters. The van der Waals surface area contributed by atoms with Crippen LogP contribution in [-0.4, -0.2) is 45.6 Å². The maximum atomic E-state index is 13.3. The summed E-state index contributed by atoms with van der Waals surface area (Å²) < 4.78 is -0.0220. The van der Waals surface area contributed by atoms with Crippen LogP contribution in [0.15, 0.2) is 59.5 Å². The number of rotatable bonds is 6. The number of para-hydroxylation sites is 1. The molecule has 32 heavy (non-hydrogen) atoms. The highest BCUT2D eigenvalue weighted by molar-refractivity contribution is 8.26. The Hall–Kier alpha value is -3.50. The van der Waals surface area contributed by atoms with Crippen LogP contribution in [0.3, 0.4) is 0 Å². The number of hydrogen-bond acceptors (Lipinski definition) is 8. The van der Waals surface area contributed by atoms with E-state index in [1.807, 2.05) is 0 Å². The minimum atomic E-state index is -1.48. The van der Waals surface area contributed by atoms with E-state index < -0.39 is 36.3 Å². The van der Waals surface area contributed by atoms with Crippen LogP contribution >= 0.6 is 24.0 Å². The maximum absolute atomic E-state index is 13.3. The monoisotopic (exact) mass is 466 g/mol. The van der Waals surface area contributed by atoms with Crippen molar-refractivity contribution in [1.29, 1.82) is 0 Å². The number of hydrogen-bond donors (Lipinski definition) is 0. The van der Waals surface area contributed by atoms with Crippen molar-refractivity contribution < 1.29 is 29.4 Å². The Bertz CT molecular complexity index is 1190. The minimum absolute atomic E-state index is 0.0153. The number of benzene rings is 2. The number of aliphatic carboxylic acids is 2. The van der Waals surface area contributed by atoms with Crippen molar-refractivity contribution in [2.45, 2.75) is 12.5 Å². The molecular formula is C22H14N2O6S2-2. The third kappa shape index (κ3) is 3.78. The number of anilines is 1. The number of carboxylic acids is 2. The molecule has 10 heteroatoms. The summed E-state index contributed by atoms with van der Waals surface area (Å²) in [7, 11) is 0. The molecule has 2 aliphatic heterocycles. The summed E-state index contributed by atoms with van der Waals surface area (Å²) in [5.74, 6) is -4.36. The van der Waals surface area contributed by atoms with Crippen LogP contribution < -0.4 is 15.1 Å². The normalized spacial score (nSPS) is 18.8. The lowest BCUT2D eigenvalue weighted by atomic mass is 10.0. The molecule has 0 N–H and O–H groups in total. The van der Waals surface area contributed by atoms with Gasteiger partial charge in [0.25, 0.3) is 11.8 Å². The van der Waals surface area contributed by atoms with Crippen LogP contribution in [0.4, 0.5) is 5.69 Å². The van der Waals surface area contributed by atoms with Gasteiger partial charge in [0.15, 0.2) is 0 Å². The highest BCUT2D eigenvalue weighted by Crippen LogP contribution is 2.45. The first kappa shape index (κ1) is 21.7. The van der Waals surface area contributed by atoms with Gasteiger partial charge in [0.2, 0.25) is 0 Å². The van der Waals surface area contributed by atoms with Crippen LogP contribution in [-0.2, 0) is 25.6 Å². The molecule has 1 saturated heterocycles. The molecule has 0 aromatic heterocycles. The molecule has 0 bridgehead atoms. The fraction of sp³-hybridized carbons (Fsp3) is 0.136. The number of fused-ring (bicyclic) bond motifs is 1. The average Bonchev–Trinajstić information content (AvgIpc) is 3.19. The second kappa shape index (κ2) is 8.56. The highest BCUT2D eigenvalue weighted by Gasteiger charge is 2.44. The Morgan fingerprint density at radius 2 is 1.62 bits per heavy atom. The maximum Gasteiger partial charge on any atom is 0.267 e. The highest BCUT2D eigenvalue weighted by atomic mass is 32.2. The average molecular weight is 466 g/mol. The van der Waals surface area contributed by atoms with Crippen molar-refractivity contribution in [2.75, 3.05) is 11.4 Å². The number of carbonyl (C=O) groups is 4. The number of amides is 2. The van der Waals surface area contributed by atoms with E-state index in [-0.39, 0.29) is 21.2 Å². The molecule has 1 atom stereocenters. The number of nitrogens with zero attached hydrogens (tertiary/aromatic N) is 2. The van der Waals surface area contributed by atoms with Gasteiger partial charge in [0.05, 0.1) is 40.7 Å². The smallest absolute Gasteiger partial charge is 0.267 e. The van der Waals surface area contributed by atoms with Crippen molar-refractivity contribution in [3.05, 3.63) is 70.6 Å². The molecule has 2 aromatic carbocycles. The number of thioether (sulfide) groups is 1. The first-order valence-corrected chi connectivity index (χ1v) is 10.7. The lowest BCUT2D eigenvalue weighted by Gasteiger charge is -2.27. The van der Waals surface area contributed by atoms with E-state index in [4.69, 9.17) is 12.2 Å². The van der Waals surface area contributed by atoms with E-state index >= 15 is 0 Å². The molecule has 2 aromatic rings. The van der Waals surface area contributed by atoms with Crippen molar-refractivity contribution in [1.82, 2.24) is 4.90 Å². The molecule has 162 valence electrons. The van der Waals surface area contributed by atoms with E-state index in [0.717, 1.165) is 21.6 Å². The first-order chi connectivity index (χ1) is 15.3. The number of carboxylic acid groups (broad SMARTS) is 2. The fourth-order valence-electron chi connectivity index (χ4n) is 3.70. The zero-order valence-electron chi connectivity index (χ0n) is 16.3. The summed E-state index contributed by atoms with van der Waals surface area (Å²) in [6.45, 7) is -0.685. The quantitative estimate of drug-likeness (QED) is 0.421. The summed E-state index contributed by atoms with van der Waals surface area (Å²) >= 11 is 6.10. The molecular weight excluding hydrogens is 452 g/mol. The predicted octanol–water partition coefficient (Wildman–Crippen LogP) is -0.284. The molecule has 0 spiro atoms. The van der Waals surface area contributed by atoms with E-state index in [9.17, 15) is 29.4 Å². The van der Waals surface area contributed by atoms with Gasteiger partial charge in [-0.05, 0) is 18.1 Å². The molecule has 0 aliphatic carbocycles. The van der Waals surface area contributed by atoms with Crippen LogP contribution in [0.25, 0.3) is 5.57 Å². The van der Waals surface area contributed by atoms with Crippen LogP contribution in [0.5, 0.6) is 0 Å². The van der Waals surface area contributed by atoms with Crippen LogP contribution in [0.1, 0.15) is 11.1 Å². The summed E-state index contributed by atoms with van der Waals surface area (Å²) in [4.78, 5) is 51.3. The van der Waals surface area contributed by atoms with Gasteiger partial charge < -0.3 is 24.7 Å². The molecule has 2 heterocycles. The van der Waals surface area contributed by atoms with E-state index in [2.05, 4.69) is 0 Å². The fourth-order valence-corrected chi connectivity index (χ4v) is 5.13. The Kier molecular flexibility index (Phi) is 5.81.